The molecule has 2 aromatic carbocycles. The Morgan fingerprint density at radius 1 is 1.19 bits per heavy atom. The monoisotopic (exact) mass is 307 g/mol. The number of hydrogen-bond donors (Lipinski definition) is 1. The van der Waals surface area contributed by atoms with Crippen molar-refractivity contribution < 1.29 is 9.13 Å². The summed E-state index contributed by atoms with van der Waals surface area (Å²) in [4.78, 5) is 0. The Morgan fingerprint density at radius 3 is 2.48 bits per heavy atom. The quantitative estimate of drug-likeness (QED) is 0.855. The molecule has 2 aromatic rings. The zero-order valence-corrected chi connectivity index (χ0v) is 13.0. The molecule has 4 heteroatoms. The standard InChI is InChI=1S/C17H19ClFNO/c1-20-17(15-9-6-13(19)11-16(15)18)10-5-12-3-7-14(21-2)8-4-12/h3-4,6-9,11,17,20H,5,10H2,1-2H3. The van der Waals surface area contributed by atoms with E-state index in [1.54, 1.807) is 13.2 Å². The van der Waals surface area contributed by atoms with Crippen LogP contribution in [-0.2, 0) is 6.42 Å². The van der Waals surface area contributed by atoms with E-state index < -0.39 is 0 Å². The maximum absolute atomic E-state index is 13.1. The van der Waals surface area contributed by atoms with Crippen molar-refractivity contribution in [3.63, 3.8) is 0 Å². The molecule has 112 valence electrons. The zero-order chi connectivity index (χ0) is 15.2. The molecule has 21 heavy (non-hydrogen) atoms. The predicted molar refractivity (Wildman–Crippen MR) is 84.5 cm³/mol. The molecule has 1 atom stereocenters. The molecular formula is C17H19ClFNO. The van der Waals surface area contributed by atoms with Crippen molar-refractivity contribution in [3.05, 3.63) is 64.4 Å². The van der Waals surface area contributed by atoms with Gasteiger partial charge in [0.05, 0.1) is 7.11 Å². The summed E-state index contributed by atoms with van der Waals surface area (Å²) in [5.74, 6) is 0.541. The van der Waals surface area contributed by atoms with Gasteiger partial charge in [0, 0.05) is 11.1 Å². The predicted octanol–water partition coefficient (Wildman–Crippen LogP) is 4.38. The number of halogens is 2. The molecule has 0 aromatic heterocycles. The van der Waals surface area contributed by atoms with Gasteiger partial charge in [-0.2, -0.15) is 0 Å². The van der Waals surface area contributed by atoms with Gasteiger partial charge in [0.15, 0.2) is 0 Å². The summed E-state index contributed by atoms with van der Waals surface area (Å²) in [5, 5.41) is 3.70. The molecule has 1 unspecified atom stereocenters. The lowest BCUT2D eigenvalue weighted by molar-refractivity contribution is 0.414. The van der Waals surface area contributed by atoms with Crippen molar-refractivity contribution in [2.24, 2.45) is 0 Å². The van der Waals surface area contributed by atoms with Gasteiger partial charge in [0.2, 0.25) is 0 Å². The number of ether oxygens (including phenoxy) is 1. The van der Waals surface area contributed by atoms with Gasteiger partial charge in [-0.1, -0.05) is 29.8 Å². The van der Waals surface area contributed by atoms with E-state index in [0.717, 1.165) is 24.2 Å². The highest BCUT2D eigenvalue weighted by Crippen LogP contribution is 2.27. The Morgan fingerprint density at radius 2 is 1.90 bits per heavy atom. The zero-order valence-electron chi connectivity index (χ0n) is 12.2. The lowest BCUT2D eigenvalue weighted by Crippen LogP contribution is -2.17. The first-order chi connectivity index (χ1) is 10.1. The lowest BCUT2D eigenvalue weighted by Gasteiger charge is -2.18. The fraction of sp³-hybridized carbons (Fsp3) is 0.294. The smallest absolute Gasteiger partial charge is 0.124 e. The third kappa shape index (κ3) is 4.19. The molecule has 0 amide bonds. The highest BCUT2D eigenvalue weighted by atomic mass is 35.5. The first-order valence-electron chi connectivity index (χ1n) is 6.89. The minimum atomic E-state index is -0.311. The van der Waals surface area contributed by atoms with Crippen LogP contribution in [-0.4, -0.2) is 14.2 Å². The molecule has 0 spiro atoms. The fourth-order valence-electron chi connectivity index (χ4n) is 2.34. The third-order valence-electron chi connectivity index (χ3n) is 3.57. The second kappa shape index (κ2) is 7.43. The number of benzene rings is 2. The molecule has 0 bridgehead atoms. The van der Waals surface area contributed by atoms with Crippen LogP contribution in [0.4, 0.5) is 4.39 Å². The Labute approximate surface area is 129 Å². The van der Waals surface area contributed by atoms with Crippen LogP contribution in [0.25, 0.3) is 0 Å². The first kappa shape index (κ1) is 15.8. The summed E-state index contributed by atoms with van der Waals surface area (Å²) in [6.45, 7) is 0. The number of aryl methyl sites for hydroxylation is 1. The van der Waals surface area contributed by atoms with Crippen LogP contribution in [0.15, 0.2) is 42.5 Å². The Kier molecular flexibility index (Phi) is 5.59. The summed E-state index contributed by atoms with van der Waals surface area (Å²) in [7, 11) is 3.54. The van der Waals surface area contributed by atoms with E-state index in [0.29, 0.717) is 5.02 Å². The average Bonchev–Trinajstić information content (AvgIpc) is 2.50. The van der Waals surface area contributed by atoms with E-state index in [1.165, 1.54) is 17.7 Å². The average molecular weight is 308 g/mol. The van der Waals surface area contributed by atoms with Crippen LogP contribution in [0.5, 0.6) is 5.75 Å². The molecule has 0 saturated heterocycles. The van der Waals surface area contributed by atoms with E-state index in [4.69, 9.17) is 16.3 Å². The van der Waals surface area contributed by atoms with Crippen LogP contribution < -0.4 is 10.1 Å². The molecule has 1 N–H and O–H groups in total. The Bertz CT molecular complexity index is 586. The molecular weight excluding hydrogens is 289 g/mol. The van der Waals surface area contributed by atoms with Gasteiger partial charge < -0.3 is 10.1 Å². The van der Waals surface area contributed by atoms with Gasteiger partial charge >= 0.3 is 0 Å². The minimum Gasteiger partial charge on any atom is -0.497 e. The minimum absolute atomic E-state index is 0.0974. The van der Waals surface area contributed by atoms with Gasteiger partial charge in [0.25, 0.3) is 0 Å². The lowest BCUT2D eigenvalue weighted by atomic mass is 9.99. The van der Waals surface area contributed by atoms with Crippen molar-refractivity contribution >= 4 is 11.6 Å². The van der Waals surface area contributed by atoms with E-state index in [2.05, 4.69) is 17.4 Å². The van der Waals surface area contributed by atoms with Crippen LogP contribution in [0.3, 0.4) is 0 Å². The van der Waals surface area contributed by atoms with E-state index in [1.807, 2.05) is 19.2 Å². The largest absolute Gasteiger partial charge is 0.497 e. The summed E-state index contributed by atoms with van der Waals surface area (Å²) >= 11 is 6.13. The summed E-state index contributed by atoms with van der Waals surface area (Å²) in [6, 6.07) is 12.7. The summed E-state index contributed by atoms with van der Waals surface area (Å²) in [5.41, 5.74) is 2.16. The second-order valence-corrected chi connectivity index (χ2v) is 5.30. The molecule has 0 aliphatic carbocycles. The molecule has 0 radical (unpaired) electrons. The Balaban J connectivity index is 2.04. The molecule has 2 nitrogen and oxygen atoms in total. The SMILES string of the molecule is CNC(CCc1ccc(OC)cc1)c1ccc(F)cc1Cl. The molecule has 0 saturated carbocycles. The first-order valence-corrected chi connectivity index (χ1v) is 7.27. The topological polar surface area (TPSA) is 21.3 Å². The number of nitrogens with one attached hydrogen (secondary N) is 1. The second-order valence-electron chi connectivity index (χ2n) is 4.89. The van der Waals surface area contributed by atoms with Crippen LogP contribution in [0, 0.1) is 5.82 Å². The summed E-state index contributed by atoms with van der Waals surface area (Å²) in [6.07, 6.45) is 1.79. The van der Waals surface area contributed by atoms with Gasteiger partial charge in [-0.15, -0.1) is 0 Å². The van der Waals surface area contributed by atoms with Gasteiger partial charge in [-0.05, 0) is 55.3 Å². The third-order valence-corrected chi connectivity index (χ3v) is 3.89. The Hall–Kier alpha value is -1.58. The van der Waals surface area contributed by atoms with E-state index >= 15 is 0 Å². The maximum Gasteiger partial charge on any atom is 0.124 e. The van der Waals surface area contributed by atoms with Gasteiger partial charge in [0.1, 0.15) is 11.6 Å². The summed E-state index contributed by atoms with van der Waals surface area (Å²) < 4.78 is 18.3. The van der Waals surface area contributed by atoms with Crippen molar-refractivity contribution in [2.45, 2.75) is 18.9 Å². The van der Waals surface area contributed by atoms with Crippen molar-refractivity contribution in [1.29, 1.82) is 0 Å². The maximum atomic E-state index is 13.1. The van der Waals surface area contributed by atoms with Crippen LogP contribution in [0.1, 0.15) is 23.6 Å². The number of hydrogen-bond acceptors (Lipinski definition) is 2. The van der Waals surface area contributed by atoms with Crippen LogP contribution >= 0.6 is 11.6 Å². The normalized spacial score (nSPS) is 12.2. The van der Waals surface area contributed by atoms with Crippen LogP contribution in [0.2, 0.25) is 5.02 Å². The molecule has 0 heterocycles. The molecule has 0 aliphatic heterocycles. The van der Waals surface area contributed by atoms with Crippen molar-refractivity contribution in [2.75, 3.05) is 14.2 Å². The highest BCUT2D eigenvalue weighted by molar-refractivity contribution is 6.31. The van der Waals surface area contributed by atoms with Crippen molar-refractivity contribution in [3.8, 4) is 5.75 Å². The number of methoxy groups -OCH3 is 1. The van der Waals surface area contributed by atoms with Crippen molar-refractivity contribution in [1.82, 2.24) is 5.32 Å². The fourth-order valence-corrected chi connectivity index (χ4v) is 2.64. The number of rotatable bonds is 6. The molecule has 0 fully saturated rings. The highest BCUT2D eigenvalue weighted by Gasteiger charge is 2.13. The van der Waals surface area contributed by atoms with E-state index in [-0.39, 0.29) is 11.9 Å². The molecule has 2 rings (SSSR count). The molecule has 0 aliphatic rings. The van der Waals surface area contributed by atoms with Gasteiger partial charge in [-0.3, -0.25) is 0 Å². The van der Waals surface area contributed by atoms with E-state index in [9.17, 15) is 4.39 Å². The van der Waals surface area contributed by atoms with Gasteiger partial charge in [-0.25, -0.2) is 4.39 Å².